The van der Waals surface area contributed by atoms with Gasteiger partial charge in [0.1, 0.15) is 0 Å². The molecule has 0 radical (unpaired) electrons. The Kier molecular flexibility index (Phi) is 3.58. The van der Waals surface area contributed by atoms with E-state index in [2.05, 4.69) is 22.2 Å². The van der Waals surface area contributed by atoms with Crippen molar-refractivity contribution in [2.75, 3.05) is 11.9 Å². The van der Waals surface area contributed by atoms with Gasteiger partial charge in [-0.3, -0.25) is 0 Å². The zero-order chi connectivity index (χ0) is 13.9. The molecule has 1 aliphatic heterocycles. The van der Waals surface area contributed by atoms with Crippen molar-refractivity contribution in [2.24, 2.45) is 0 Å². The number of aromatic amines is 1. The van der Waals surface area contributed by atoms with Crippen molar-refractivity contribution in [3.05, 3.63) is 24.5 Å². The van der Waals surface area contributed by atoms with Gasteiger partial charge in [0.15, 0.2) is 0 Å². The van der Waals surface area contributed by atoms with Gasteiger partial charge in [0.25, 0.3) is 0 Å². The van der Waals surface area contributed by atoms with Gasteiger partial charge in [-0.2, -0.15) is 0 Å². The summed E-state index contributed by atoms with van der Waals surface area (Å²) >= 11 is 0. The number of carbonyl (C=O) groups is 1. The first-order chi connectivity index (χ1) is 9.78. The maximum Gasteiger partial charge on any atom is 0.322 e. The van der Waals surface area contributed by atoms with E-state index in [4.69, 9.17) is 0 Å². The average molecular weight is 272 g/mol. The number of piperidine rings is 1. The molecule has 1 aromatic carbocycles. The number of rotatable bonds is 2. The number of likely N-dealkylation sites (tertiary alicyclic amines) is 1. The van der Waals surface area contributed by atoms with Gasteiger partial charge in [0.2, 0.25) is 0 Å². The van der Waals surface area contributed by atoms with Gasteiger partial charge in [-0.1, -0.05) is 6.92 Å². The highest BCUT2D eigenvalue weighted by Gasteiger charge is 2.25. The highest BCUT2D eigenvalue weighted by molar-refractivity contribution is 5.92. The van der Waals surface area contributed by atoms with Crippen LogP contribution in [0.5, 0.6) is 0 Å². The number of nitrogens with one attached hydrogen (secondary N) is 2. The van der Waals surface area contributed by atoms with Gasteiger partial charge in [-0.15, -0.1) is 0 Å². The Morgan fingerprint density at radius 3 is 3.25 bits per heavy atom. The lowest BCUT2D eigenvalue weighted by molar-refractivity contribution is 0.160. The molecule has 3 rings (SSSR count). The summed E-state index contributed by atoms with van der Waals surface area (Å²) in [5, 5.41) is 3.00. The minimum atomic E-state index is 0.00964. The predicted octanol–water partition coefficient (Wildman–Crippen LogP) is 3.36. The van der Waals surface area contributed by atoms with Crippen LogP contribution in [0.25, 0.3) is 11.0 Å². The second-order valence-corrected chi connectivity index (χ2v) is 5.32. The molecule has 2 N–H and O–H groups in total. The number of aromatic nitrogens is 2. The first kappa shape index (κ1) is 13.0. The largest absolute Gasteiger partial charge is 0.345 e. The molecule has 20 heavy (non-hydrogen) atoms. The number of carbonyl (C=O) groups excluding carboxylic acids is 1. The van der Waals surface area contributed by atoms with Gasteiger partial charge in [0.05, 0.1) is 17.4 Å². The maximum absolute atomic E-state index is 12.4. The topological polar surface area (TPSA) is 61.0 Å². The van der Waals surface area contributed by atoms with Crippen LogP contribution in [0.3, 0.4) is 0 Å². The van der Waals surface area contributed by atoms with E-state index in [1.54, 1.807) is 6.33 Å². The summed E-state index contributed by atoms with van der Waals surface area (Å²) in [4.78, 5) is 21.6. The summed E-state index contributed by atoms with van der Waals surface area (Å²) in [5.74, 6) is 0. The Morgan fingerprint density at radius 1 is 1.50 bits per heavy atom. The zero-order valence-corrected chi connectivity index (χ0v) is 11.7. The molecule has 2 amide bonds. The molecular formula is C15H20N4O. The Bertz CT molecular complexity index is 607. The molecule has 5 nitrogen and oxygen atoms in total. The molecule has 0 spiro atoms. The maximum atomic E-state index is 12.4. The molecule has 1 unspecified atom stereocenters. The van der Waals surface area contributed by atoms with Gasteiger partial charge >= 0.3 is 6.03 Å². The highest BCUT2D eigenvalue weighted by atomic mass is 16.2. The monoisotopic (exact) mass is 272 g/mol. The summed E-state index contributed by atoms with van der Waals surface area (Å²) in [6, 6.07) is 6.11. The number of anilines is 1. The number of amides is 2. The number of benzene rings is 1. The second-order valence-electron chi connectivity index (χ2n) is 5.32. The molecule has 1 aliphatic rings. The molecule has 0 bridgehead atoms. The summed E-state index contributed by atoms with van der Waals surface area (Å²) < 4.78 is 0. The Labute approximate surface area is 118 Å². The van der Waals surface area contributed by atoms with Crippen molar-refractivity contribution in [3.8, 4) is 0 Å². The second kappa shape index (κ2) is 5.53. The van der Waals surface area contributed by atoms with E-state index in [9.17, 15) is 4.79 Å². The van der Waals surface area contributed by atoms with E-state index in [-0.39, 0.29) is 6.03 Å². The Morgan fingerprint density at radius 2 is 2.40 bits per heavy atom. The number of hydrogen-bond acceptors (Lipinski definition) is 2. The van der Waals surface area contributed by atoms with Crippen LogP contribution in [0, 0.1) is 0 Å². The molecule has 0 aliphatic carbocycles. The van der Waals surface area contributed by atoms with Crippen LogP contribution in [0.15, 0.2) is 24.5 Å². The van der Waals surface area contributed by atoms with Crippen molar-refractivity contribution in [2.45, 2.75) is 38.6 Å². The summed E-state index contributed by atoms with van der Waals surface area (Å²) in [6.07, 6.45) is 6.12. The lowest BCUT2D eigenvalue weighted by Crippen LogP contribution is -2.45. The fourth-order valence-corrected chi connectivity index (χ4v) is 2.90. The van der Waals surface area contributed by atoms with Crippen LogP contribution in [0.2, 0.25) is 0 Å². The number of H-pyrrole nitrogens is 1. The molecular weight excluding hydrogens is 252 g/mol. The van der Waals surface area contributed by atoms with Crippen molar-refractivity contribution in [3.63, 3.8) is 0 Å². The van der Waals surface area contributed by atoms with E-state index in [1.807, 2.05) is 23.1 Å². The smallest absolute Gasteiger partial charge is 0.322 e. The van der Waals surface area contributed by atoms with Crippen LogP contribution in [0.4, 0.5) is 10.5 Å². The minimum absolute atomic E-state index is 0.00964. The van der Waals surface area contributed by atoms with E-state index < -0.39 is 0 Å². The van der Waals surface area contributed by atoms with Gasteiger partial charge in [-0.05, 0) is 43.9 Å². The summed E-state index contributed by atoms with van der Waals surface area (Å²) in [5.41, 5.74) is 2.66. The van der Waals surface area contributed by atoms with E-state index >= 15 is 0 Å². The van der Waals surface area contributed by atoms with Crippen molar-refractivity contribution >= 4 is 22.8 Å². The molecule has 1 fully saturated rings. The van der Waals surface area contributed by atoms with Gasteiger partial charge in [-0.25, -0.2) is 9.78 Å². The molecule has 5 heteroatoms. The number of nitrogens with zero attached hydrogens (tertiary/aromatic N) is 2. The van der Waals surface area contributed by atoms with Crippen molar-refractivity contribution in [1.82, 2.24) is 14.9 Å². The SMILES string of the molecule is CCC1CCCCN1C(=O)Nc1ccc2nc[nH]c2c1. The lowest BCUT2D eigenvalue weighted by Gasteiger charge is -2.35. The fourth-order valence-electron chi connectivity index (χ4n) is 2.90. The van der Waals surface area contributed by atoms with E-state index in [0.717, 1.165) is 42.5 Å². The van der Waals surface area contributed by atoms with Crippen LogP contribution >= 0.6 is 0 Å². The zero-order valence-electron chi connectivity index (χ0n) is 11.7. The molecule has 1 aromatic heterocycles. The fraction of sp³-hybridized carbons (Fsp3) is 0.467. The Balaban J connectivity index is 1.73. The third kappa shape index (κ3) is 2.48. The highest BCUT2D eigenvalue weighted by Crippen LogP contribution is 2.21. The van der Waals surface area contributed by atoms with E-state index in [1.165, 1.54) is 6.42 Å². The quantitative estimate of drug-likeness (QED) is 0.880. The summed E-state index contributed by atoms with van der Waals surface area (Å²) in [6.45, 7) is 3.00. The van der Waals surface area contributed by atoms with Crippen LogP contribution in [-0.2, 0) is 0 Å². The van der Waals surface area contributed by atoms with Crippen LogP contribution < -0.4 is 5.32 Å². The minimum Gasteiger partial charge on any atom is -0.345 e. The molecule has 106 valence electrons. The molecule has 1 atom stereocenters. The molecule has 1 saturated heterocycles. The first-order valence-corrected chi connectivity index (χ1v) is 7.28. The normalized spacial score (nSPS) is 19.2. The number of imidazole rings is 1. The third-order valence-electron chi connectivity index (χ3n) is 4.03. The number of urea groups is 1. The average Bonchev–Trinajstić information content (AvgIpc) is 2.94. The first-order valence-electron chi connectivity index (χ1n) is 7.28. The lowest BCUT2D eigenvalue weighted by atomic mass is 10.0. The van der Waals surface area contributed by atoms with Crippen molar-refractivity contribution < 1.29 is 4.79 Å². The van der Waals surface area contributed by atoms with E-state index in [0.29, 0.717) is 6.04 Å². The third-order valence-corrected chi connectivity index (χ3v) is 4.03. The van der Waals surface area contributed by atoms with Crippen LogP contribution in [0.1, 0.15) is 32.6 Å². The van der Waals surface area contributed by atoms with Gasteiger partial charge in [0, 0.05) is 18.3 Å². The number of fused-ring (bicyclic) bond motifs is 1. The Hall–Kier alpha value is -2.04. The molecule has 2 aromatic rings. The van der Waals surface area contributed by atoms with Gasteiger partial charge < -0.3 is 15.2 Å². The predicted molar refractivity (Wildman–Crippen MR) is 79.7 cm³/mol. The van der Waals surface area contributed by atoms with Crippen molar-refractivity contribution in [1.29, 1.82) is 0 Å². The van der Waals surface area contributed by atoms with Crippen LogP contribution in [-0.4, -0.2) is 33.5 Å². The number of hydrogen-bond donors (Lipinski definition) is 2. The standard InChI is InChI=1S/C15H20N4O/c1-2-12-5-3-4-8-19(12)15(20)18-11-6-7-13-14(9-11)17-10-16-13/h6-7,9-10,12H,2-5,8H2,1H3,(H,16,17)(H,18,20). The molecule has 2 heterocycles. The molecule has 0 saturated carbocycles. The summed E-state index contributed by atoms with van der Waals surface area (Å²) in [7, 11) is 0.